The zero-order valence-corrected chi connectivity index (χ0v) is 9.93. The van der Waals surface area contributed by atoms with E-state index in [9.17, 15) is 4.79 Å². The number of benzene rings is 1. The molecule has 92 valence electrons. The maximum atomic E-state index is 11.2. The van der Waals surface area contributed by atoms with Gasteiger partial charge in [0.1, 0.15) is 0 Å². The van der Waals surface area contributed by atoms with Gasteiger partial charge in [0.05, 0.1) is 17.4 Å². The number of hydrogen-bond donors (Lipinski definition) is 1. The van der Waals surface area contributed by atoms with E-state index in [2.05, 4.69) is 4.90 Å². The first kappa shape index (κ1) is 11.9. The molecule has 17 heavy (non-hydrogen) atoms. The predicted molar refractivity (Wildman–Crippen MR) is 65.6 cm³/mol. The number of aromatic carboxylic acids is 1. The first-order valence-corrected chi connectivity index (χ1v) is 5.82. The summed E-state index contributed by atoms with van der Waals surface area (Å²) in [5.74, 6) is -0.875. The van der Waals surface area contributed by atoms with Crippen LogP contribution in [0.2, 0.25) is 0 Å². The molecule has 0 spiro atoms. The Labute approximate surface area is 101 Å². The van der Waals surface area contributed by atoms with Gasteiger partial charge in [-0.2, -0.15) is 0 Å². The fourth-order valence-electron chi connectivity index (χ4n) is 2.28. The van der Waals surface area contributed by atoms with E-state index in [1.165, 1.54) is 0 Å². The monoisotopic (exact) mass is 235 g/mol. The second-order valence-corrected chi connectivity index (χ2v) is 4.27. The second kappa shape index (κ2) is 5.19. The van der Waals surface area contributed by atoms with Crippen LogP contribution >= 0.6 is 0 Å². The van der Waals surface area contributed by atoms with Crippen molar-refractivity contribution in [2.45, 2.75) is 18.9 Å². The lowest BCUT2D eigenvalue weighted by Gasteiger charge is -2.34. The van der Waals surface area contributed by atoms with E-state index in [-0.39, 0.29) is 6.10 Å². The largest absolute Gasteiger partial charge is 0.478 e. The van der Waals surface area contributed by atoms with Crippen molar-refractivity contribution in [2.75, 3.05) is 25.1 Å². The number of carbonyl (C=O) groups is 1. The highest BCUT2D eigenvalue weighted by Gasteiger charge is 2.22. The fraction of sp³-hybridized carbons (Fsp3) is 0.462. The van der Waals surface area contributed by atoms with Gasteiger partial charge in [-0.05, 0) is 25.0 Å². The second-order valence-electron chi connectivity index (χ2n) is 4.27. The Hall–Kier alpha value is -1.55. The zero-order valence-electron chi connectivity index (χ0n) is 9.93. The molecule has 1 saturated heterocycles. The summed E-state index contributed by atoms with van der Waals surface area (Å²) < 4.78 is 5.35. The highest BCUT2D eigenvalue weighted by molar-refractivity contribution is 5.94. The van der Waals surface area contributed by atoms with E-state index in [4.69, 9.17) is 9.84 Å². The van der Waals surface area contributed by atoms with Gasteiger partial charge in [-0.1, -0.05) is 12.1 Å². The van der Waals surface area contributed by atoms with Crippen LogP contribution in [0.3, 0.4) is 0 Å². The van der Waals surface area contributed by atoms with Crippen molar-refractivity contribution < 1.29 is 14.6 Å². The summed E-state index contributed by atoms with van der Waals surface area (Å²) in [6.45, 7) is 1.66. The molecule has 1 heterocycles. The van der Waals surface area contributed by atoms with Crippen LogP contribution in [0.4, 0.5) is 5.69 Å². The summed E-state index contributed by atoms with van der Waals surface area (Å²) in [5, 5.41) is 9.16. The Bertz CT molecular complexity index is 405. The number of piperidine rings is 1. The Balaban J connectivity index is 2.24. The topological polar surface area (TPSA) is 49.8 Å². The van der Waals surface area contributed by atoms with Crippen molar-refractivity contribution >= 4 is 11.7 Å². The summed E-state index contributed by atoms with van der Waals surface area (Å²) in [6.07, 6.45) is 2.28. The minimum atomic E-state index is -0.875. The van der Waals surface area contributed by atoms with Gasteiger partial charge >= 0.3 is 5.97 Å². The van der Waals surface area contributed by atoms with Crippen LogP contribution in [-0.2, 0) is 4.74 Å². The summed E-state index contributed by atoms with van der Waals surface area (Å²) in [7, 11) is 1.71. The molecule has 0 bridgehead atoms. The molecule has 1 aliphatic heterocycles. The van der Waals surface area contributed by atoms with E-state index in [0.717, 1.165) is 31.6 Å². The zero-order chi connectivity index (χ0) is 12.3. The molecule has 1 aromatic carbocycles. The van der Waals surface area contributed by atoms with Crippen molar-refractivity contribution in [1.82, 2.24) is 0 Å². The number of para-hydroxylation sites is 1. The van der Waals surface area contributed by atoms with Gasteiger partial charge in [0.2, 0.25) is 0 Å². The molecule has 0 radical (unpaired) electrons. The molecule has 1 N–H and O–H groups in total. The first-order valence-electron chi connectivity index (χ1n) is 5.82. The standard InChI is InChI=1S/C13H17NO3/c1-17-10-5-4-8-14(9-10)12-7-3-2-6-11(12)13(15)16/h2-3,6-7,10H,4-5,8-9H2,1H3,(H,15,16)/t10-/m1/s1. The van der Waals surface area contributed by atoms with Gasteiger partial charge in [0.25, 0.3) is 0 Å². The fourth-order valence-corrected chi connectivity index (χ4v) is 2.28. The predicted octanol–water partition coefficient (Wildman–Crippen LogP) is 2.00. The van der Waals surface area contributed by atoms with Gasteiger partial charge in [-0.15, -0.1) is 0 Å². The van der Waals surface area contributed by atoms with Crippen molar-refractivity contribution in [3.8, 4) is 0 Å². The summed E-state index contributed by atoms with van der Waals surface area (Å²) in [5.41, 5.74) is 1.16. The molecule has 0 saturated carbocycles. The summed E-state index contributed by atoms with van der Waals surface area (Å²) in [6, 6.07) is 7.14. The molecular formula is C13H17NO3. The van der Waals surface area contributed by atoms with Crippen LogP contribution in [-0.4, -0.2) is 37.4 Å². The number of ether oxygens (including phenoxy) is 1. The molecule has 4 heteroatoms. The molecule has 2 rings (SSSR count). The number of carboxylic acid groups (broad SMARTS) is 1. The number of rotatable bonds is 3. The van der Waals surface area contributed by atoms with Crippen LogP contribution < -0.4 is 4.90 Å². The molecule has 1 aromatic rings. The van der Waals surface area contributed by atoms with E-state index in [0.29, 0.717) is 5.56 Å². The van der Waals surface area contributed by atoms with Crippen molar-refractivity contribution in [3.05, 3.63) is 29.8 Å². The van der Waals surface area contributed by atoms with E-state index in [1.54, 1.807) is 19.2 Å². The average molecular weight is 235 g/mol. The lowest BCUT2D eigenvalue weighted by molar-refractivity contribution is 0.0695. The number of carboxylic acids is 1. The summed E-state index contributed by atoms with van der Waals surface area (Å²) >= 11 is 0. The summed E-state index contributed by atoms with van der Waals surface area (Å²) in [4.78, 5) is 13.3. The molecule has 1 atom stereocenters. The molecule has 0 aliphatic carbocycles. The Morgan fingerprint density at radius 2 is 2.24 bits per heavy atom. The molecule has 0 aromatic heterocycles. The Kier molecular flexibility index (Phi) is 3.64. The molecular weight excluding hydrogens is 218 g/mol. The van der Waals surface area contributed by atoms with Gasteiger partial charge in [0, 0.05) is 20.2 Å². The van der Waals surface area contributed by atoms with Crippen molar-refractivity contribution in [2.24, 2.45) is 0 Å². The molecule has 1 fully saturated rings. The van der Waals surface area contributed by atoms with Crippen LogP contribution in [0.5, 0.6) is 0 Å². The van der Waals surface area contributed by atoms with E-state index in [1.807, 2.05) is 12.1 Å². The highest BCUT2D eigenvalue weighted by Crippen LogP contribution is 2.24. The van der Waals surface area contributed by atoms with Crippen LogP contribution in [0.1, 0.15) is 23.2 Å². The quantitative estimate of drug-likeness (QED) is 0.870. The molecule has 0 amide bonds. The Morgan fingerprint density at radius 3 is 2.94 bits per heavy atom. The van der Waals surface area contributed by atoms with Gasteiger partial charge < -0.3 is 14.7 Å². The number of anilines is 1. The van der Waals surface area contributed by atoms with E-state index >= 15 is 0 Å². The average Bonchev–Trinajstić information content (AvgIpc) is 2.39. The third-order valence-corrected chi connectivity index (χ3v) is 3.19. The normalized spacial score (nSPS) is 20.3. The van der Waals surface area contributed by atoms with Crippen molar-refractivity contribution in [3.63, 3.8) is 0 Å². The third-order valence-electron chi connectivity index (χ3n) is 3.19. The molecule has 1 aliphatic rings. The lowest BCUT2D eigenvalue weighted by Crippen LogP contribution is -2.39. The van der Waals surface area contributed by atoms with Crippen molar-refractivity contribution in [1.29, 1.82) is 0 Å². The van der Waals surface area contributed by atoms with E-state index < -0.39 is 5.97 Å². The first-order chi connectivity index (χ1) is 8.22. The van der Waals surface area contributed by atoms with Crippen LogP contribution in [0.25, 0.3) is 0 Å². The minimum Gasteiger partial charge on any atom is -0.478 e. The van der Waals surface area contributed by atoms with Gasteiger partial charge in [0.15, 0.2) is 0 Å². The lowest BCUT2D eigenvalue weighted by atomic mass is 10.1. The van der Waals surface area contributed by atoms with Crippen LogP contribution in [0.15, 0.2) is 24.3 Å². The molecule has 4 nitrogen and oxygen atoms in total. The number of methoxy groups -OCH3 is 1. The third kappa shape index (κ3) is 2.58. The number of nitrogens with zero attached hydrogens (tertiary/aromatic N) is 1. The molecule has 0 unspecified atom stereocenters. The number of hydrogen-bond acceptors (Lipinski definition) is 3. The maximum absolute atomic E-state index is 11.2. The van der Waals surface area contributed by atoms with Gasteiger partial charge in [-0.3, -0.25) is 0 Å². The van der Waals surface area contributed by atoms with Gasteiger partial charge in [-0.25, -0.2) is 4.79 Å². The Morgan fingerprint density at radius 1 is 1.47 bits per heavy atom. The minimum absolute atomic E-state index is 0.200. The maximum Gasteiger partial charge on any atom is 0.337 e. The smallest absolute Gasteiger partial charge is 0.337 e. The highest BCUT2D eigenvalue weighted by atomic mass is 16.5. The SMILES string of the molecule is CO[C@@H]1CCCN(c2ccccc2C(=O)O)C1. The van der Waals surface area contributed by atoms with Crippen LogP contribution in [0, 0.1) is 0 Å².